The van der Waals surface area contributed by atoms with Crippen molar-refractivity contribution in [2.45, 2.75) is 32.3 Å². The molecule has 1 aliphatic heterocycles. The van der Waals surface area contributed by atoms with E-state index in [1.54, 1.807) is 24.8 Å². The van der Waals surface area contributed by atoms with Gasteiger partial charge < -0.3 is 4.74 Å². The van der Waals surface area contributed by atoms with Gasteiger partial charge >= 0.3 is 0 Å². The van der Waals surface area contributed by atoms with Gasteiger partial charge in [0.15, 0.2) is 5.78 Å². The molecule has 0 aromatic carbocycles. The van der Waals surface area contributed by atoms with Gasteiger partial charge in [0.2, 0.25) is 0 Å². The van der Waals surface area contributed by atoms with Crippen molar-refractivity contribution in [3.05, 3.63) is 12.2 Å². The lowest BCUT2D eigenvalue weighted by molar-refractivity contribution is -0.125. The van der Waals surface area contributed by atoms with Gasteiger partial charge in [0.05, 0.1) is 0 Å². The summed E-state index contributed by atoms with van der Waals surface area (Å²) in [4.78, 5) is 11.1. The standard InChI is InChI=1S/C10H16O2S/c1-7(2)6-13-10-5-4-9(11)8(3)12-10/h4-5,7-8,10H,6H2,1-3H3/t8-,10-/m1/s1. The van der Waals surface area contributed by atoms with Crippen LogP contribution in [0.4, 0.5) is 0 Å². The minimum atomic E-state index is -0.269. The quantitative estimate of drug-likeness (QED) is 0.699. The normalized spacial score (nSPS) is 28.5. The summed E-state index contributed by atoms with van der Waals surface area (Å²) in [5.74, 6) is 1.80. The molecule has 0 aromatic heterocycles. The van der Waals surface area contributed by atoms with Crippen molar-refractivity contribution in [3.8, 4) is 0 Å². The van der Waals surface area contributed by atoms with E-state index in [0.29, 0.717) is 5.92 Å². The predicted molar refractivity (Wildman–Crippen MR) is 55.8 cm³/mol. The van der Waals surface area contributed by atoms with Crippen LogP contribution in [0, 0.1) is 5.92 Å². The highest BCUT2D eigenvalue weighted by molar-refractivity contribution is 7.99. The van der Waals surface area contributed by atoms with E-state index >= 15 is 0 Å². The highest BCUT2D eigenvalue weighted by Gasteiger charge is 2.20. The lowest BCUT2D eigenvalue weighted by Gasteiger charge is -2.22. The van der Waals surface area contributed by atoms with Gasteiger partial charge in [-0.3, -0.25) is 4.79 Å². The summed E-state index contributed by atoms with van der Waals surface area (Å²) in [5.41, 5.74) is 0.0649. The molecule has 3 heteroatoms. The zero-order valence-corrected chi connectivity index (χ0v) is 9.14. The van der Waals surface area contributed by atoms with E-state index in [4.69, 9.17) is 4.74 Å². The number of hydrogen-bond acceptors (Lipinski definition) is 3. The summed E-state index contributed by atoms with van der Waals surface area (Å²) in [5, 5.41) is 0. The largest absolute Gasteiger partial charge is 0.352 e. The number of carbonyl (C=O) groups excluding carboxylic acids is 1. The van der Waals surface area contributed by atoms with E-state index in [1.807, 2.05) is 6.08 Å². The van der Waals surface area contributed by atoms with E-state index in [0.717, 1.165) is 5.75 Å². The fourth-order valence-corrected chi connectivity index (χ4v) is 2.01. The van der Waals surface area contributed by atoms with Crippen LogP contribution < -0.4 is 0 Å². The average molecular weight is 200 g/mol. The Labute approximate surface area is 83.7 Å². The van der Waals surface area contributed by atoms with Crippen LogP contribution in [-0.4, -0.2) is 23.1 Å². The maximum atomic E-state index is 11.1. The third kappa shape index (κ3) is 3.53. The number of ketones is 1. The minimum Gasteiger partial charge on any atom is -0.352 e. The molecule has 74 valence electrons. The predicted octanol–water partition coefficient (Wildman–Crippen LogP) is 2.25. The molecule has 13 heavy (non-hydrogen) atoms. The van der Waals surface area contributed by atoms with Crippen LogP contribution in [0.3, 0.4) is 0 Å². The molecule has 0 aromatic rings. The highest BCUT2D eigenvalue weighted by Crippen LogP contribution is 2.22. The Kier molecular flexibility index (Phi) is 4.00. The number of rotatable bonds is 3. The molecule has 2 atom stereocenters. The molecule has 1 heterocycles. The monoisotopic (exact) mass is 200 g/mol. The second-order valence-electron chi connectivity index (χ2n) is 3.64. The van der Waals surface area contributed by atoms with Gasteiger partial charge in [0.25, 0.3) is 0 Å². The van der Waals surface area contributed by atoms with Crippen LogP contribution in [0.25, 0.3) is 0 Å². The number of carbonyl (C=O) groups is 1. The van der Waals surface area contributed by atoms with Gasteiger partial charge in [-0.15, -0.1) is 11.8 Å². The molecule has 0 radical (unpaired) electrons. The van der Waals surface area contributed by atoms with Gasteiger partial charge in [-0.05, 0) is 30.7 Å². The highest BCUT2D eigenvalue weighted by atomic mass is 32.2. The number of thioether (sulfide) groups is 1. The molecule has 0 N–H and O–H groups in total. The van der Waals surface area contributed by atoms with Crippen molar-refractivity contribution in [3.63, 3.8) is 0 Å². The zero-order valence-electron chi connectivity index (χ0n) is 8.32. The maximum absolute atomic E-state index is 11.1. The number of hydrogen-bond donors (Lipinski definition) is 0. The van der Waals surface area contributed by atoms with Crippen molar-refractivity contribution in [1.82, 2.24) is 0 Å². The lowest BCUT2D eigenvalue weighted by Crippen LogP contribution is -2.27. The maximum Gasteiger partial charge on any atom is 0.183 e. The number of ether oxygens (including phenoxy) is 1. The SMILES string of the molecule is CC(C)CS[C@@H]1C=CC(=O)[C@@H](C)O1. The first kappa shape index (κ1) is 10.8. The van der Waals surface area contributed by atoms with Crippen LogP contribution in [0.2, 0.25) is 0 Å². The first-order chi connectivity index (χ1) is 6.09. The first-order valence-corrected chi connectivity index (χ1v) is 5.63. The van der Waals surface area contributed by atoms with Gasteiger partial charge in [-0.2, -0.15) is 0 Å². The van der Waals surface area contributed by atoms with Crippen LogP contribution >= 0.6 is 11.8 Å². The van der Waals surface area contributed by atoms with Crippen LogP contribution in [0.1, 0.15) is 20.8 Å². The minimum absolute atomic E-state index is 0.0649. The Morgan fingerprint density at radius 3 is 2.85 bits per heavy atom. The Balaban J connectivity index is 2.37. The molecule has 1 aliphatic rings. The molecule has 1 rings (SSSR count). The van der Waals surface area contributed by atoms with Crippen molar-refractivity contribution in [2.75, 3.05) is 5.75 Å². The molecule has 2 nitrogen and oxygen atoms in total. The zero-order chi connectivity index (χ0) is 9.84. The van der Waals surface area contributed by atoms with E-state index in [1.165, 1.54) is 0 Å². The van der Waals surface area contributed by atoms with Gasteiger partial charge in [-0.25, -0.2) is 0 Å². The summed E-state index contributed by atoms with van der Waals surface area (Å²) >= 11 is 1.75. The molecule has 0 amide bonds. The fraction of sp³-hybridized carbons (Fsp3) is 0.700. The molecule has 0 saturated carbocycles. The average Bonchev–Trinajstić information content (AvgIpc) is 2.07. The molecular weight excluding hydrogens is 184 g/mol. The Hall–Kier alpha value is -0.280. The van der Waals surface area contributed by atoms with Crippen molar-refractivity contribution < 1.29 is 9.53 Å². The second kappa shape index (κ2) is 4.82. The topological polar surface area (TPSA) is 26.3 Å². The fourth-order valence-electron chi connectivity index (χ4n) is 1.00. The third-order valence-electron chi connectivity index (χ3n) is 1.75. The summed E-state index contributed by atoms with van der Waals surface area (Å²) in [6, 6.07) is 0. The molecule has 0 unspecified atom stereocenters. The van der Waals surface area contributed by atoms with Crippen molar-refractivity contribution in [1.29, 1.82) is 0 Å². The molecule has 0 fully saturated rings. The van der Waals surface area contributed by atoms with Crippen LogP contribution in [0.5, 0.6) is 0 Å². The van der Waals surface area contributed by atoms with Crippen LogP contribution in [-0.2, 0) is 9.53 Å². The molecular formula is C10H16O2S. The third-order valence-corrected chi connectivity index (χ3v) is 3.21. The molecule has 0 spiro atoms. The van der Waals surface area contributed by atoms with E-state index in [9.17, 15) is 4.79 Å². The van der Waals surface area contributed by atoms with E-state index < -0.39 is 0 Å². The summed E-state index contributed by atoms with van der Waals surface area (Å²) in [6.07, 6.45) is 3.20. The summed E-state index contributed by atoms with van der Waals surface area (Å²) in [7, 11) is 0. The van der Waals surface area contributed by atoms with Gasteiger partial charge in [0, 0.05) is 0 Å². The van der Waals surface area contributed by atoms with E-state index in [-0.39, 0.29) is 17.3 Å². The van der Waals surface area contributed by atoms with E-state index in [2.05, 4.69) is 13.8 Å². The smallest absolute Gasteiger partial charge is 0.183 e. The Bertz CT molecular complexity index is 211. The summed E-state index contributed by atoms with van der Waals surface area (Å²) in [6.45, 7) is 6.15. The Morgan fingerprint density at radius 2 is 2.31 bits per heavy atom. The molecule has 0 bridgehead atoms. The van der Waals surface area contributed by atoms with Gasteiger partial charge in [0.1, 0.15) is 11.5 Å². The first-order valence-electron chi connectivity index (χ1n) is 4.58. The van der Waals surface area contributed by atoms with Crippen molar-refractivity contribution >= 4 is 17.5 Å². The summed E-state index contributed by atoms with van der Waals surface area (Å²) < 4.78 is 5.48. The Morgan fingerprint density at radius 1 is 1.62 bits per heavy atom. The second-order valence-corrected chi connectivity index (χ2v) is 4.77. The van der Waals surface area contributed by atoms with Crippen LogP contribution in [0.15, 0.2) is 12.2 Å². The van der Waals surface area contributed by atoms with Crippen molar-refractivity contribution in [2.24, 2.45) is 5.92 Å². The molecule has 0 aliphatic carbocycles. The molecule has 0 saturated heterocycles. The van der Waals surface area contributed by atoms with Gasteiger partial charge in [-0.1, -0.05) is 13.8 Å². The lowest BCUT2D eigenvalue weighted by atomic mass is 10.2.